The predicted octanol–water partition coefficient (Wildman–Crippen LogP) is 7.34. The molecule has 43 heavy (non-hydrogen) atoms. The van der Waals surface area contributed by atoms with E-state index < -0.39 is 18.6 Å². The molecule has 1 nitrogen and oxygen atoms in total. The van der Waals surface area contributed by atoms with Crippen molar-refractivity contribution in [3.8, 4) is 0 Å². The van der Waals surface area contributed by atoms with Gasteiger partial charge in [0.15, 0.2) is 0 Å². The fraction of sp³-hybridized carbons (Fsp3) is 0.226. The topological polar surface area (TPSA) is 17.1 Å². The van der Waals surface area contributed by atoms with Crippen molar-refractivity contribution < 1.29 is 61.3 Å². The standard InChI is InChI=1S/C21H21OPS.C10H14.ClH.F6P.Ru/c22-24(21-15-8-3-9-16-21)18-10-17-23(19-11-4-1-5-12-19)20-13-6-2-7-14-20;1-8(2)10-6-4-9(3)5-7-10;;1-7(2,3,4,5)6;/h1-9,11-16H,10,17-18H2;4-8H,1-3H3;1H;;/q;;;-1;+2/p-1. The number of halogens is 7. The SMILES string of the molecule is C[C]1[CH][CH][C](C(C)C)[CH][CH]1.F[P-](F)(F)(F)(F)F.O=S(CCCP(c1ccccc1)c1ccccc1)c1ccccc1.[Cl-].[Ru+2]. The van der Waals surface area contributed by atoms with Crippen LogP contribution in [0.2, 0.25) is 0 Å². The molecular weight excluding hydrogens is 733 g/mol. The molecule has 1 aliphatic rings. The quantitative estimate of drug-likeness (QED) is 0.133. The van der Waals surface area contributed by atoms with E-state index >= 15 is 0 Å². The molecule has 0 N–H and O–H groups in total. The Morgan fingerprint density at radius 1 is 0.698 bits per heavy atom. The summed E-state index contributed by atoms with van der Waals surface area (Å²) in [7, 11) is -11.9. The first-order valence-corrected chi connectivity index (χ1v) is 17.8. The maximum atomic E-state index is 12.4. The van der Waals surface area contributed by atoms with E-state index in [9.17, 15) is 29.4 Å². The van der Waals surface area contributed by atoms with Crippen molar-refractivity contribution in [3.63, 3.8) is 0 Å². The fourth-order valence-corrected chi connectivity index (χ4v) is 7.29. The van der Waals surface area contributed by atoms with E-state index in [-0.39, 0.29) is 39.8 Å². The monoisotopic (exact) mass is 768 g/mol. The third-order valence-electron chi connectivity index (χ3n) is 5.60. The van der Waals surface area contributed by atoms with E-state index in [1.165, 1.54) is 22.4 Å². The van der Waals surface area contributed by atoms with Crippen LogP contribution in [0.1, 0.15) is 27.2 Å². The molecule has 1 aliphatic carbocycles. The van der Waals surface area contributed by atoms with Gasteiger partial charge in [-0.3, -0.25) is 4.21 Å². The zero-order chi connectivity index (χ0) is 30.6. The normalized spacial score (nSPS) is 16.2. The minimum atomic E-state index is -10.7. The van der Waals surface area contributed by atoms with Crippen LogP contribution in [-0.2, 0) is 30.3 Å². The van der Waals surface area contributed by atoms with Crippen molar-refractivity contribution in [3.05, 3.63) is 129 Å². The van der Waals surface area contributed by atoms with E-state index in [4.69, 9.17) is 0 Å². The van der Waals surface area contributed by atoms with Crippen molar-refractivity contribution in [2.75, 3.05) is 11.9 Å². The van der Waals surface area contributed by atoms with Gasteiger partial charge in [-0.25, -0.2) is 0 Å². The van der Waals surface area contributed by atoms with Gasteiger partial charge in [-0.05, 0) is 86.7 Å². The summed E-state index contributed by atoms with van der Waals surface area (Å²) >= 11 is 0. The summed E-state index contributed by atoms with van der Waals surface area (Å²) in [4.78, 5) is 0.932. The zero-order valence-electron chi connectivity index (χ0n) is 23.9. The molecule has 1 atom stereocenters. The van der Waals surface area contributed by atoms with Gasteiger partial charge in [-0.2, -0.15) is 0 Å². The Kier molecular flexibility index (Phi) is 18.0. The Bertz CT molecular complexity index is 1130. The van der Waals surface area contributed by atoms with Crippen molar-refractivity contribution >= 4 is 37.1 Å². The largest absolute Gasteiger partial charge is 2.00 e. The molecule has 0 saturated heterocycles. The van der Waals surface area contributed by atoms with Gasteiger partial charge in [0.05, 0.1) is 10.8 Å². The maximum absolute atomic E-state index is 12.4. The molecule has 1 fully saturated rings. The molecule has 1 saturated carbocycles. The second-order valence-corrected chi connectivity index (χ2v) is 15.4. The number of rotatable bonds is 8. The molecule has 1 unspecified atom stereocenters. The van der Waals surface area contributed by atoms with Crippen LogP contribution in [0, 0.1) is 43.4 Å². The van der Waals surface area contributed by atoms with Crippen molar-refractivity contribution in [2.24, 2.45) is 5.92 Å². The summed E-state index contributed by atoms with van der Waals surface area (Å²) in [6.07, 6.45) is 10.8. The van der Waals surface area contributed by atoms with E-state index in [2.05, 4.69) is 107 Å². The summed E-state index contributed by atoms with van der Waals surface area (Å²) in [5.74, 6) is 4.14. The molecule has 238 valence electrons. The van der Waals surface area contributed by atoms with Gasteiger partial charge in [0, 0.05) is 10.6 Å². The summed E-state index contributed by atoms with van der Waals surface area (Å²) in [6, 6.07) is 31.2. The first-order chi connectivity index (χ1) is 19.0. The average Bonchev–Trinajstić information content (AvgIpc) is 2.91. The minimum absolute atomic E-state index is 0. The van der Waals surface area contributed by atoms with Gasteiger partial charge in [0.1, 0.15) is 0 Å². The molecule has 0 amide bonds. The molecule has 4 rings (SSSR count). The van der Waals surface area contributed by atoms with Crippen molar-refractivity contribution in [1.29, 1.82) is 0 Å². The molecular formula is C31H35ClF6OP2RuS. The van der Waals surface area contributed by atoms with E-state index in [0.717, 1.165) is 23.2 Å². The van der Waals surface area contributed by atoms with E-state index in [1.54, 1.807) is 0 Å². The van der Waals surface area contributed by atoms with Gasteiger partial charge in [0.25, 0.3) is 0 Å². The van der Waals surface area contributed by atoms with Crippen LogP contribution in [0.5, 0.6) is 0 Å². The van der Waals surface area contributed by atoms with Crippen LogP contribution in [0.15, 0.2) is 95.9 Å². The summed E-state index contributed by atoms with van der Waals surface area (Å²) < 4.78 is 71.6. The van der Waals surface area contributed by atoms with E-state index in [0.29, 0.717) is 5.92 Å². The first-order valence-electron chi connectivity index (χ1n) is 12.9. The molecule has 12 heteroatoms. The average molecular weight is 768 g/mol. The van der Waals surface area contributed by atoms with Crippen molar-refractivity contribution in [2.45, 2.75) is 32.1 Å². The van der Waals surface area contributed by atoms with Crippen molar-refractivity contribution in [1.82, 2.24) is 0 Å². The van der Waals surface area contributed by atoms with Crippen LogP contribution >= 0.6 is 15.7 Å². The van der Waals surface area contributed by atoms with Crippen LogP contribution in [0.4, 0.5) is 25.2 Å². The fourth-order valence-electron chi connectivity index (χ4n) is 3.62. The number of hydrogen-bond donors (Lipinski definition) is 0. The van der Waals surface area contributed by atoms with Gasteiger partial charge >= 0.3 is 52.5 Å². The molecule has 3 aromatic carbocycles. The van der Waals surface area contributed by atoms with E-state index in [1.807, 2.05) is 30.3 Å². The molecule has 0 spiro atoms. The van der Waals surface area contributed by atoms with Crippen LogP contribution in [0.3, 0.4) is 0 Å². The molecule has 0 bridgehead atoms. The second-order valence-electron chi connectivity index (χ2n) is 9.56. The van der Waals surface area contributed by atoms with Gasteiger partial charge in [-0.1, -0.05) is 99.6 Å². The summed E-state index contributed by atoms with van der Waals surface area (Å²) in [5, 5.41) is 2.79. The minimum Gasteiger partial charge on any atom is -1.00 e. The third kappa shape index (κ3) is 20.7. The third-order valence-corrected chi connectivity index (χ3v) is 9.66. The maximum Gasteiger partial charge on any atom is 2.00 e. The Morgan fingerprint density at radius 3 is 1.44 bits per heavy atom. The Labute approximate surface area is 275 Å². The van der Waals surface area contributed by atoms with Crippen LogP contribution < -0.4 is 23.0 Å². The molecule has 3 aromatic rings. The van der Waals surface area contributed by atoms with Gasteiger partial charge < -0.3 is 12.4 Å². The predicted molar refractivity (Wildman–Crippen MR) is 164 cm³/mol. The smallest absolute Gasteiger partial charge is 1.00 e. The number of hydrogen-bond acceptors (Lipinski definition) is 1. The van der Waals surface area contributed by atoms with Gasteiger partial charge in [-0.15, -0.1) is 0 Å². The molecule has 6 radical (unpaired) electrons. The summed E-state index contributed by atoms with van der Waals surface area (Å²) in [6.45, 7) is 6.54. The second kappa shape index (κ2) is 18.3. The molecule has 0 aliphatic heterocycles. The Morgan fingerprint density at radius 2 is 1.07 bits per heavy atom. The number of benzene rings is 3. The molecule has 0 heterocycles. The first kappa shape index (κ1) is 42.2. The Hall–Kier alpha value is -0.837. The Balaban J connectivity index is 0.000000772. The zero-order valence-corrected chi connectivity index (χ0v) is 29.0. The van der Waals surface area contributed by atoms with Gasteiger partial charge in [0.2, 0.25) is 0 Å². The molecule has 0 aromatic heterocycles. The summed E-state index contributed by atoms with van der Waals surface area (Å²) in [5.41, 5.74) is 0. The van der Waals surface area contributed by atoms with Crippen LogP contribution in [0.25, 0.3) is 0 Å². The van der Waals surface area contributed by atoms with Crippen LogP contribution in [-0.4, -0.2) is 16.1 Å².